The van der Waals surface area contributed by atoms with Crippen molar-refractivity contribution in [3.8, 4) is 0 Å². The molecule has 1 fully saturated rings. The van der Waals surface area contributed by atoms with Crippen LogP contribution in [0.3, 0.4) is 0 Å². The van der Waals surface area contributed by atoms with E-state index >= 15 is 0 Å². The third-order valence-corrected chi connectivity index (χ3v) is 3.85. The Morgan fingerprint density at radius 1 is 1.24 bits per heavy atom. The summed E-state index contributed by atoms with van der Waals surface area (Å²) in [6.45, 7) is 3.78. The van der Waals surface area contributed by atoms with Crippen molar-refractivity contribution in [2.45, 2.75) is 38.1 Å². The molecule has 0 unspecified atom stereocenters. The molecule has 0 aromatic rings. The Morgan fingerprint density at radius 3 is 2.48 bits per heavy atom. The van der Waals surface area contributed by atoms with Gasteiger partial charge in [-0.1, -0.05) is 6.92 Å². The van der Waals surface area contributed by atoms with Gasteiger partial charge in [0.15, 0.2) is 0 Å². The summed E-state index contributed by atoms with van der Waals surface area (Å²) < 4.78 is 10.0. The lowest BCUT2D eigenvalue weighted by Crippen LogP contribution is -2.58. The van der Waals surface area contributed by atoms with Gasteiger partial charge in [-0.25, -0.2) is 9.59 Å². The highest BCUT2D eigenvalue weighted by molar-refractivity contribution is 5.86. The molecule has 0 bridgehead atoms. The largest absolute Gasteiger partial charge is 0.480 e. The second kappa shape index (κ2) is 8.84. The Balaban J connectivity index is 2.31. The molecule has 1 aliphatic carbocycles. The van der Waals surface area contributed by atoms with Crippen LogP contribution in [-0.4, -0.2) is 56.1 Å². The number of ether oxygens (including phenoxy) is 2. The van der Waals surface area contributed by atoms with Crippen LogP contribution >= 0.6 is 0 Å². The van der Waals surface area contributed by atoms with Crippen molar-refractivity contribution < 1.29 is 24.2 Å². The molecule has 1 saturated carbocycles. The highest BCUT2D eigenvalue weighted by Gasteiger charge is 2.42. The highest BCUT2D eigenvalue weighted by atomic mass is 16.5. The third kappa shape index (κ3) is 5.89. The molecule has 21 heavy (non-hydrogen) atoms. The van der Waals surface area contributed by atoms with E-state index in [2.05, 4.69) is 17.6 Å². The van der Waals surface area contributed by atoms with Crippen LogP contribution in [0.1, 0.15) is 32.6 Å². The van der Waals surface area contributed by atoms with Gasteiger partial charge in [-0.2, -0.15) is 0 Å². The summed E-state index contributed by atoms with van der Waals surface area (Å²) in [5.41, 5.74) is -1.13. The Hall–Kier alpha value is -1.34. The third-order valence-electron chi connectivity index (χ3n) is 3.85. The summed E-state index contributed by atoms with van der Waals surface area (Å²) >= 11 is 0. The summed E-state index contributed by atoms with van der Waals surface area (Å²) in [6.07, 6.45) is 2.57. The van der Waals surface area contributed by atoms with Crippen molar-refractivity contribution in [1.82, 2.24) is 10.6 Å². The maximum Gasteiger partial charge on any atom is 0.329 e. The van der Waals surface area contributed by atoms with Gasteiger partial charge in [0.1, 0.15) is 5.54 Å². The van der Waals surface area contributed by atoms with E-state index in [1.807, 2.05) is 0 Å². The number of rotatable bonds is 8. The minimum Gasteiger partial charge on any atom is -0.480 e. The SMILES string of the molecule is COCCOCCNC(=O)NC1(C(=O)O)CCC(C)CC1. The molecule has 0 aromatic carbocycles. The molecule has 1 rings (SSSR count). The minimum atomic E-state index is -1.13. The second-order valence-electron chi connectivity index (χ2n) is 5.56. The number of hydrogen-bond donors (Lipinski definition) is 3. The first kappa shape index (κ1) is 17.7. The molecule has 122 valence electrons. The molecule has 0 spiro atoms. The maximum atomic E-state index is 11.8. The molecule has 0 radical (unpaired) electrons. The lowest BCUT2D eigenvalue weighted by molar-refractivity contribution is -0.146. The molecular formula is C14H26N2O5. The highest BCUT2D eigenvalue weighted by Crippen LogP contribution is 2.32. The Labute approximate surface area is 125 Å². The number of hydrogen-bond acceptors (Lipinski definition) is 4. The van der Waals surface area contributed by atoms with E-state index in [9.17, 15) is 14.7 Å². The Kier molecular flexibility index (Phi) is 7.45. The van der Waals surface area contributed by atoms with Gasteiger partial charge in [0.2, 0.25) is 0 Å². The zero-order chi connectivity index (χ0) is 15.7. The average molecular weight is 302 g/mol. The van der Waals surface area contributed by atoms with E-state index in [-0.39, 0.29) is 0 Å². The number of methoxy groups -OCH3 is 1. The number of carbonyl (C=O) groups excluding carboxylic acids is 1. The molecule has 0 aliphatic heterocycles. The number of aliphatic carboxylic acids is 1. The van der Waals surface area contributed by atoms with Crippen LogP contribution in [-0.2, 0) is 14.3 Å². The predicted molar refractivity (Wildman–Crippen MR) is 77.2 cm³/mol. The van der Waals surface area contributed by atoms with Crippen LogP contribution in [0, 0.1) is 5.92 Å². The zero-order valence-electron chi connectivity index (χ0n) is 12.8. The van der Waals surface area contributed by atoms with E-state index < -0.39 is 17.5 Å². The summed E-state index contributed by atoms with van der Waals surface area (Å²) in [7, 11) is 1.59. The number of urea groups is 1. The standard InChI is InChI=1S/C14H26N2O5/c1-11-3-5-14(6-4-11,12(17)18)16-13(19)15-7-8-21-10-9-20-2/h11H,3-10H2,1-2H3,(H,17,18)(H2,15,16,19). The first-order chi connectivity index (χ1) is 10.00. The molecule has 1 aliphatic rings. The molecule has 7 nitrogen and oxygen atoms in total. The molecule has 0 aromatic heterocycles. The summed E-state index contributed by atoms with van der Waals surface area (Å²) in [5.74, 6) is -0.447. The first-order valence-electron chi connectivity index (χ1n) is 7.36. The fourth-order valence-corrected chi connectivity index (χ4v) is 2.39. The van der Waals surface area contributed by atoms with Crippen molar-refractivity contribution in [3.05, 3.63) is 0 Å². The fourth-order valence-electron chi connectivity index (χ4n) is 2.39. The van der Waals surface area contributed by atoms with Gasteiger partial charge in [-0.05, 0) is 31.6 Å². The minimum absolute atomic E-state index is 0.335. The monoisotopic (exact) mass is 302 g/mol. The molecule has 0 heterocycles. The van der Waals surface area contributed by atoms with Crippen LogP contribution < -0.4 is 10.6 Å². The van der Waals surface area contributed by atoms with Crippen molar-refractivity contribution in [3.63, 3.8) is 0 Å². The number of nitrogens with one attached hydrogen (secondary N) is 2. The lowest BCUT2D eigenvalue weighted by atomic mass is 9.77. The van der Waals surface area contributed by atoms with E-state index in [0.29, 0.717) is 45.1 Å². The summed E-state index contributed by atoms with van der Waals surface area (Å²) in [5, 5.41) is 14.7. The Bertz CT molecular complexity index is 340. The van der Waals surface area contributed by atoms with Gasteiger partial charge >= 0.3 is 12.0 Å². The van der Waals surface area contributed by atoms with Crippen LogP contribution in [0.5, 0.6) is 0 Å². The van der Waals surface area contributed by atoms with E-state index in [4.69, 9.17) is 9.47 Å². The molecule has 3 N–H and O–H groups in total. The molecule has 2 amide bonds. The van der Waals surface area contributed by atoms with Crippen molar-refractivity contribution in [1.29, 1.82) is 0 Å². The van der Waals surface area contributed by atoms with Crippen LogP contribution in [0.4, 0.5) is 4.79 Å². The van der Waals surface area contributed by atoms with E-state index in [0.717, 1.165) is 12.8 Å². The number of amides is 2. The quantitative estimate of drug-likeness (QED) is 0.581. The predicted octanol–water partition coefficient (Wildman–Crippen LogP) is 0.982. The van der Waals surface area contributed by atoms with Crippen molar-refractivity contribution in [2.75, 3.05) is 33.5 Å². The zero-order valence-corrected chi connectivity index (χ0v) is 12.8. The lowest BCUT2D eigenvalue weighted by Gasteiger charge is -2.36. The van der Waals surface area contributed by atoms with E-state index in [1.165, 1.54) is 0 Å². The van der Waals surface area contributed by atoms with Crippen molar-refractivity contribution >= 4 is 12.0 Å². The first-order valence-corrected chi connectivity index (χ1v) is 7.36. The van der Waals surface area contributed by atoms with Crippen LogP contribution in [0.25, 0.3) is 0 Å². The van der Waals surface area contributed by atoms with Gasteiger partial charge in [0, 0.05) is 13.7 Å². The van der Waals surface area contributed by atoms with Gasteiger partial charge in [0.05, 0.1) is 19.8 Å². The summed E-state index contributed by atoms with van der Waals surface area (Å²) in [4.78, 5) is 23.3. The number of carboxylic acid groups (broad SMARTS) is 1. The summed E-state index contributed by atoms with van der Waals surface area (Å²) in [6, 6.07) is -0.456. The van der Waals surface area contributed by atoms with Crippen molar-refractivity contribution in [2.24, 2.45) is 5.92 Å². The smallest absolute Gasteiger partial charge is 0.329 e. The average Bonchev–Trinajstić information content (AvgIpc) is 2.45. The maximum absolute atomic E-state index is 11.8. The van der Waals surface area contributed by atoms with Gasteiger partial charge in [-0.15, -0.1) is 0 Å². The topological polar surface area (TPSA) is 96.9 Å². The molecule has 0 saturated heterocycles. The van der Waals surface area contributed by atoms with Gasteiger partial charge < -0.3 is 25.2 Å². The normalized spacial score (nSPS) is 25.3. The molecule has 0 atom stereocenters. The van der Waals surface area contributed by atoms with E-state index in [1.54, 1.807) is 7.11 Å². The molecular weight excluding hydrogens is 276 g/mol. The molecule has 7 heteroatoms. The second-order valence-corrected chi connectivity index (χ2v) is 5.56. The van der Waals surface area contributed by atoms with Crippen LogP contribution in [0.2, 0.25) is 0 Å². The Morgan fingerprint density at radius 2 is 1.90 bits per heavy atom. The van der Waals surface area contributed by atoms with Gasteiger partial charge in [0.25, 0.3) is 0 Å². The van der Waals surface area contributed by atoms with Gasteiger partial charge in [-0.3, -0.25) is 0 Å². The fraction of sp³-hybridized carbons (Fsp3) is 0.857. The number of carboxylic acids is 1. The number of carbonyl (C=O) groups is 2. The van der Waals surface area contributed by atoms with Crippen LogP contribution in [0.15, 0.2) is 0 Å².